The van der Waals surface area contributed by atoms with Crippen molar-refractivity contribution >= 4 is 5.91 Å². The van der Waals surface area contributed by atoms with E-state index >= 15 is 0 Å². The van der Waals surface area contributed by atoms with Gasteiger partial charge in [0.1, 0.15) is 0 Å². The van der Waals surface area contributed by atoms with E-state index in [1.807, 2.05) is 58.9 Å². The van der Waals surface area contributed by atoms with Crippen LogP contribution < -0.4 is 17.0 Å². The fourth-order valence-electron chi connectivity index (χ4n) is 1.61. The Labute approximate surface area is 151 Å². The fourth-order valence-corrected chi connectivity index (χ4v) is 1.61. The van der Waals surface area contributed by atoms with Crippen LogP contribution in [-0.2, 0) is 11.3 Å². The number of carbonyl (C=O) groups is 1. The van der Waals surface area contributed by atoms with Gasteiger partial charge in [0.25, 0.3) is 0 Å². The van der Waals surface area contributed by atoms with Crippen LogP contribution in [0.25, 0.3) is 11.4 Å². The van der Waals surface area contributed by atoms with E-state index in [1.165, 1.54) is 6.33 Å². The number of hydrogen-bond donors (Lipinski definition) is 3. The number of aromatic nitrogens is 4. The molecule has 142 valence electrons. The second-order valence-electron chi connectivity index (χ2n) is 4.09. The molecule has 0 atom stereocenters. The van der Waals surface area contributed by atoms with Crippen molar-refractivity contribution in [2.75, 3.05) is 0 Å². The van der Waals surface area contributed by atoms with Gasteiger partial charge in [-0.05, 0) is 12.0 Å². The van der Waals surface area contributed by atoms with Crippen molar-refractivity contribution in [1.29, 1.82) is 0 Å². The SMILES string of the molecule is CC.CC.CCCC(=O)NCc1ccc(-c2nncnn2)cc1.NN.[HH]. The summed E-state index contributed by atoms with van der Waals surface area (Å²) >= 11 is 0. The van der Waals surface area contributed by atoms with Crippen LogP contribution in [0.1, 0.15) is 54.5 Å². The first-order valence-electron chi connectivity index (χ1n) is 8.49. The van der Waals surface area contributed by atoms with Gasteiger partial charge in [0.2, 0.25) is 11.7 Å². The minimum Gasteiger partial charge on any atom is -0.352 e. The van der Waals surface area contributed by atoms with E-state index in [4.69, 9.17) is 0 Å². The molecular weight excluding hydrogens is 318 g/mol. The summed E-state index contributed by atoms with van der Waals surface area (Å²) in [5.74, 6) is 8.57. The standard InChI is InChI=1S/C13H15N5O.2C2H6.H4N2.H2/c1-2-3-12(19)14-8-10-4-6-11(7-5-10)13-17-15-9-16-18-13;3*1-2;/h4-7,9H,2-3,8H2,1H3,(H,14,19);2*1-2H3;1-2H2;1H. The van der Waals surface area contributed by atoms with Crippen LogP contribution in [0.15, 0.2) is 30.6 Å². The van der Waals surface area contributed by atoms with E-state index in [0.717, 1.165) is 17.5 Å². The topological polar surface area (TPSA) is 133 Å². The van der Waals surface area contributed by atoms with Gasteiger partial charge < -0.3 is 5.32 Å². The van der Waals surface area contributed by atoms with Gasteiger partial charge in [-0.15, -0.1) is 20.4 Å². The molecule has 0 bridgehead atoms. The van der Waals surface area contributed by atoms with E-state index in [0.29, 0.717) is 18.8 Å². The van der Waals surface area contributed by atoms with Gasteiger partial charge >= 0.3 is 0 Å². The normalized spacial score (nSPS) is 8.44. The summed E-state index contributed by atoms with van der Waals surface area (Å²) in [6, 6.07) is 7.63. The van der Waals surface area contributed by atoms with E-state index in [-0.39, 0.29) is 7.33 Å². The molecule has 0 aliphatic heterocycles. The fraction of sp³-hybridized carbons (Fsp3) is 0.471. The third-order valence-corrected chi connectivity index (χ3v) is 2.59. The zero-order valence-corrected chi connectivity index (χ0v) is 15.9. The number of rotatable bonds is 5. The van der Waals surface area contributed by atoms with Gasteiger partial charge in [-0.2, -0.15) is 0 Å². The van der Waals surface area contributed by atoms with E-state index in [1.54, 1.807) is 0 Å². The Morgan fingerprint density at radius 1 is 1.04 bits per heavy atom. The van der Waals surface area contributed by atoms with E-state index in [9.17, 15) is 4.79 Å². The van der Waals surface area contributed by atoms with Gasteiger partial charge in [0, 0.05) is 20.0 Å². The number of carbonyl (C=O) groups excluding carboxylic acids is 1. The number of amides is 1. The highest BCUT2D eigenvalue weighted by Crippen LogP contribution is 2.13. The average Bonchev–Trinajstić information content (AvgIpc) is 2.72. The monoisotopic (exact) mass is 351 g/mol. The van der Waals surface area contributed by atoms with Crippen molar-refractivity contribution in [2.45, 2.75) is 54.0 Å². The molecule has 8 nitrogen and oxygen atoms in total. The van der Waals surface area contributed by atoms with Crippen LogP contribution in [-0.4, -0.2) is 26.3 Å². The smallest absolute Gasteiger partial charge is 0.220 e. The van der Waals surface area contributed by atoms with Crippen LogP contribution in [0.4, 0.5) is 0 Å². The quantitative estimate of drug-likeness (QED) is 0.556. The molecule has 0 aliphatic rings. The van der Waals surface area contributed by atoms with Crippen molar-refractivity contribution in [3.05, 3.63) is 36.2 Å². The number of benzene rings is 1. The molecule has 1 heterocycles. The minimum absolute atomic E-state index is 0. The van der Waals surface area contributed by atoms with Crippen LogP contribution in [0.3, 0.4) is 0 Å². The molecule has 1 aromatic heterocycles. The molecular formula is C17H33N7O. The van der Waals surface area contributed by atoms with Crippen molar-refractivity contribution in [3.63, 3.8) is 0 Å². The lowest BCUT2D eigenvalue weighted by Crippen LogP contribution is -2.21. The van der Waals surface area contributed by atoms with Crippen LogP contribution in [0.5, 0.6) is 0 Å². The average molecular weight is 351 g/mol. The van der Waals surface area contributed by atoms with Crippen molar-refractivity contribution in [2.24, 2.45) is 11.7 Å². The molecule has 5 N–H and O–H groups in total. The molecule has 1 aromatic carbocycles. The van der Waals surface area contributed by atoms with Crippen LogP contribution >= 0.6 is 0 Å². The van der Waals surface area contributed by atoms with E-state index in [2.05, 4.69) is 37.4 Å². The lowest BCUT2D eigenvalue weighted by atomic mass is 10.1. The minimum atomic E-state index is 0. The summed E-state index contributed by atoms with van der Waals surface area (Å²) in [4.78, 5) is 11.4. The summed E-state index contributed by atoms with van der Waals surface area (Å²) in [5, 5.41) is 18.0. The van der Waals surface area contributed by atoms with Gasteiger partial charge in [-0.3, -0.25) is 16.5 Å². The maximum Gasteiger partial charge on any atom is 0.220 e. The van der Waals surface area contributed by atoms with Crippen molar-refractivity contribution in [3.8, 4) is 11.4 Å². The highest BCUT2D eigenvalue weighted by atomic mass is 16.1. The molecule has 25 heavy (non-hydrogen) atoms. The largest absolute Gasteiger partial charge is 0.352 e. The molecule has 0 fully saturated rings. The summed E-state index contributed by atoms with van der Waals surface area (Å²) in [7, 11) is 0. The summed E-state index contributed by atoms with van der Waals surface area (Å²) in [6.45, 7) is 10.5. The van der Waals surface area contributed by atoms with Gasteiger partial charge in [-0.25, -0.2) is 0 Å². The molecule has 0 unspecified atom stereocenters. The second-order valence-corrected chi connectivity index (χ2v) is 4.09. The highest BCUT2D eigenvalue weighted by molar-refractivity contribution is 5.75. The molecule has 0 spiro atoms. The number of nitrogens with zero attached hydrogens (tertiary/aromatic N) is 4. The van der Waals surface area contributed by atoms with Crippen LogP contribution in [0, 0.1) is 0 Å². The summed E-state index contributed by atoms with van der Waals surface area (Å²) in [6.07, 6.45) is 2.71. The van der Waals surface area contributed by atoms with Crippen molar-refractivity contribution in [1.82, 2.24) is 25.7 Å². The second kappa shape index (κ2) is 17.9. The Morgan fingerprint density at radius 3 is 2.04 bits per heavy atom. The molecule has 2 rings (SSSR count). The van der Waals surface area contributed by atoms with Gasteiger partial charge in [0.05, 0.1) is 0 Å². The Balaban J connectivity index is -0.000000686. The summed E-state index contributed by atoms with van der Waals surface area (Å²) in [5.41, 5.74) is 1.88. The first kappa shape index (κ1) is 24.8. The third kappa shape index (κ3) is 10.9. The number of hydrogen-bond acceptors (Lipinski definition) is 7. The maximum atomic E-state index is 11.4. The molecule has 0 saturated carbocycles. The predicted octanol–water partition coefficient (Wildman–Crippen LogP) is 2.47. The Hall–Kier alpha value is -2.45. The third-order valence-electron chi connectivity index (χ3n) is 2.59. The van der Waals surface area contributed by atoms with Crippen LogP contribution in [0.2, 0.25) is 0 Å². The van der Waals surface area contributed by atoms with Gasteiger partial charge in [0.15, 0.2) is 6.33 Å². The van der Waals surface area contributed by atoms with Crippen molar-refractivity contribution < 1.29 is 6.22 Å². The molecule has 1 amide bonds. The lowest BCUT2D eigenvalue weighted by Gasteiger charge is -2.05. The Bertz CT molecular complexity index is 539. The first-order valence-corrected chi connectivity index (χ1v) is 8.49. The predicted molar refractivity (Wildman–Crippen MR) is 103 cm³/mol. The molecule has 8 heteroatoms. The Morgan fingerprint density at radius 2 is 1.56 bits per heavy atom. The number of hydrazine groups is 1. The maximum absolute atomic E-state index is 11.4. The zero-order valence-electron chi connectivity index (χ0n) is 15.9. The molecule has 0 aliphatic carbocycles. The summed E-state index contributed by atoms with van der Waals surface area (Å²) < 4.78 is 0. The first-order chi connectivity index (χ1) is 12.3. The highest BCUT2D eigenvalue weighted by Gasteiger charge is 2.03. The van der Waals surface area contributed by atoms with E-state index < -0.39 is 0 Å². The van der Waals surface area contributed by atoms with Gasteiger partial charge in [-0.1, -0.05) is 58.9 Å². The molecule has 2 aromatic rings. The molecule has 0 saturated heterocycles. The Kier molecular flexibility index (Phi) is 17.8. The number of nitrogens with one attached hydrogen (secondary N) is 1. The lowest BCUT2D eigenvalue weighted by molar-refractivity contribution is -0.121. The molecule has 0 radical (unpaired) electrons. The zero-order chi connectivity index (χ0) is 19.5. The number of nitrogens with two attached hydrogens (primary N) is 2.